The highest BCUT2D eigenvalue weighted by Gasteiger charge is 2.17. The van der Waals surface area contributed by atoms with Gasteiger partial charge in [-0.05, 0) is 39.0 Å². The van der Waals surface area contributed by atoms with E-state index in [0.717, 1.165) is 23.5 Å². The number of aromatic hydroxyl groups is 1. The summed E-state index contributed by atoms with van der Waals surface area (Å²) < 4.78 is 1.86. The lowest BCUT2D eigenvalue weighted by molar-refractivity contribution is 0.0696. The molecule has 5 heteroatoms. The van der Waals surface area contributed by atoms with Gasteiger partial charge in [0.25, 0.3) is 0 Å². The first kappa shape index (κ1) is 13.1. The first-order valence-electron chi connectivity index (χ1n) is 6.06. The normalized spacial score (nSPS) is 10.7. The lowest BCUT2D eigenvalue weighted by Crippen LogP contribution is -1.99. The van der Waals surface area contributed by atoms with E-state index in [2.05, 4.69) is 5.10 Å². The second-order valence-electron chi connectivity index (χ2n) is 4.40. The van der Waals surface area contributed by atoms with E-state index in [-0.39, 0.29) is 11.3 Å². The Morgan fingerprint density at radius 1 is 1.37 bits per heavy atom. The summed E-state index contributed by atoms with van der Waals surface area (Å²) in [4.78, 5) is 10.9. The molecule has 1 aromatic carbocycles. The molecule has 0 aliphatic rings. The fourth-order valence-electron chi connectivity index (χ4n) is 2.27. The first-order chi connectivity index (χ1) is 8.95. The summed E-state index contributed by atoms with van der Waals surface area (Å²) in [6.07, 6.45) is 0. The van der Waals surface area contributed by atoms with Gasteiger partial charge in [0.1, 0.15) is 5.75 Å². The van der Waals surface area contributed by atoms with Crippen molar-refractivity contribution in [3.63, 3.8) is 0 Å². The third-order valence-corrected chi connectivity index (χ3v) is 3.20. The van der Waals surface area contributed by atoms with Gasteiger partial charge in [-0.25, -0.2) is 4.79 Å². The number of aromatic carboxylic acids is 1. The Kier molecular flexibility index (Phi) is 3.29. The Hall–Kier alpha value is -2.30. The number of carboxylic acid groups (broad SMARTS) is 1. The lowest BCUT2D eigenvalue weighted by atomic mass is 10.0. The number of phenolic OH excluding ortho intramolecular Hbond substituents is 1. The third-order valence-electron chi connectivity index (χ3n) is 3.20. The molecule has 2 aromatic rings. The van der Waals surface area contributed by atoms with E-state index in [0.29, 0.717) is 5.56 Å². The monoisotopic (exact) mass is 260 g/mol. The average molecular weight is 260 g/mol. The van der Waals surface area contributed by atoms with Crippen LogP contribution in [0.4, 0.5) is 0 Å². The highest BCUT2D eigenvalue weighted by atomic mass is 16.4. The number of rotatable bonds is 3. The zero-order chi connectivity index (χ0) is 14.2. The Morgan fingerprint density at radius 3 is 2.53 bits per heavy atom. The highest BCUT2D eigenvalue weighted by Crippen LogP contribution is 2.34. The van der Waals surface area contributed by atoms with Crippen LogP contribution in [0.25, 0.3) is 11.1 Å². The van der Waals surface area contributed by atoms with Crippen molar-refractivity contribution in [3.8, 4) is 16.9 Å². The van der Waals surface area contributed by atoms with Crippen LogP contribution >= 0.6 is 0 Å². The number of carbonyl (C=O) groups is 1. The Morgan fingerprint density at radius 2 is 2.05 bits per heavy atom. The summed E-state index contributed by atoms with van der Waals surface area (Å²) in [6, 6.07) is 4.37. The SMILES string of the molecule is CCn1nc(C)c(-c2ccc(C(=O)O)cc2O)c1C. The van der Waals surface area contributed by atoms with Gasteiger partial charge in [-0.1, -0.05) is 0 Å². The fourth-order valence-corrected chi connectivity index (χ4v) is 2.27. The maximum Gasteiger partial charge on any atom is 0.335 e. The number of aryl methyl sites for hydroxylation is 2. The highest BCUT2D eigenvalue weighted by molar-refractivity contribution is 5.90. The molecule has 0 aliphatic carbocycles. The van der Waals surface area contributed by atoms with Crippen LogP contribution in [0.5, 0.6) is 5.75 Å². The molecular formula is C14H16N2O3. The van der Waals surface area contributed by atoms with Crippen LogP contribution in [0.15, 0.2) is 18.2 Å². The van der Waals surface area contributed by atoms with Crippen LogP contribution in [0, 0.1) is 13.8 Å². The summed E-state index contributed by atoms with van der Waals surface area (Å²) in [5, 5.41) is 23.3. The van der Waals surface area contributed by atoms with Crippen molar-refractivity contribution >= 4 is 5.97 Å². The van der Waals surface area contributed by atoms with E-state index in [1.165, 1.54) is 12.1 Å². The molecule has 0 saturated heterocycles. The van der Waals surface area contributed by atoms with Crippen LogP contribution in [0.1, 0.15) is 28.7 Å². The average Bonchev–Trinajstić information content (AvgIpc) is 2.64. The summed E-state index contributed by atoms with van der Waals surface area (Å²) in [6.45, 7) is 6.56. The van der Waals surface area contributed by atoms with E-state index in [9.17, 15) is 9.90 Å². The van der Waals surface area contributed by atoms with Crippen molar-refractivity contribution in [2.45, 2.75) is 27.3 Å². The molecule has 2 N–H and O–H groups in total. The topological polar surface area (TPSA) is 75.4 Å². The van der Waals surface area contributed by atoms with Gasteiger partial charge in [-0.3, -0.25) is 4.68 Å². The molecule has 0 fully saturated rings. The van der Waals surface area contributed by atoms with Gasteiger partial charge in [0, 0.05) is 23.4 Å². The molecule has 1 aromatic heterocycles. The van der Waals surface area contributed by atoms with E-state index >= 15 is 0 Å². The number of hydrogen-bond donors (Lipinski definition) is 2. The van der Waals surface area contributed by atoms with Gasteiger partial charge in [0.05, 0.1) is 11.3 Å². The minimum absolute atomic E-state index is 0.0400. The molecule has 0 radical (unpaired) electrons. The largest absolute Gasteiger partial charge is 0.507 e. The molecule has 5 nitrogen and oxygen atoms in total. The van der Waals surface area contributed by atoms with Gasteiger partial charge in [-0.2, -0.15) is 5.10 Å². The predicted octanol–water partition coefficient (Wildman–Crippen LogP) is 2.59. The van der Waals surface area contributed by atoms with Crippen molar-refractivity contribution in [2.75, 3.05) is 0 Å². The fraction of sp³-hybridized carbons (Fsp3) is 0.286. The molecule has 19 heavy (non-hydrogen) atoms. The zero-order valence-electron chi connectivity index (χ0n) is 11.1. The zero-order valence-corrected chi connectivity index (χ0v) is 11.1. The summed E-state index contributed by atoms with van der Waals surface area (Å²) >= 11 is 0. The van der Waals surface area contributed by atoms with Gasteiger partial charge in [-0.15, -0.1) is 0 Å². The molecule has 0 amide bonds. The first-order valence-corrected chi connectivity index (χ1v) is 6.06. The molecule has 0 aliphatic heterocycles. The number of nitrogens with zero attached hydrogens (tertiary/aromatic N) is 2. The van der Waals surface area contributed by atoms with Gasteiger partial charge >= 0.3 is 5.97 Å². The van der Waals surface area contributed by atoms with Crippen molar-refractivity contribution in [1.29, 1.82) is 0 Å². The summed E-state index contributed by atoms with van der Waals surface area (Å²) in [5.41, 5.74) is 3.31. The van der Waals surface area contributed by atoms with Crippen molar-refractivity contribution in [2.24, 2.45) is 0 Å². The molecule has 100 valence electrons. The number of hydrogen-bond acceptors (Lipinski definition) is 3. The molecule has 1 heterocycles. The smallest absolute Gasteiger partial charge is 0.335 e. The minimum Gasteiger partial charge on any atom is -0.507 e. The van der Waals surface area contributed by atoms with E-state index < -0.39 is 5.97 Å². The van der Waals surface area contributed by atoms with Crippen LogP contribution in [-0.4, -0.2) is 26.0 Å². The van der Waals surface area contributed by atoms with E-state index in [1.807, 2.05) is 25.5 Å². The van der Waals surface area contributed by atoms with Gasteiger partial charge in [0.2, 0.25) is 0 Å². The second-order valence-corrected chi connectivity index (χ2v) is 4.40. The summed E-state index contributed by atoms with van der Waals surface area (Å²) in [5.74, 6) is -1.10. The van der Waals surface area contributed by atoms with Crippen LogP contribution in [-0.2, 0) is 6.54 Å². The predicted molar refractivity (Wildman–Crippen MR) is 71.4 cm³/mol. The molecule has 0 spiro atoms. The molecule has 0 atom stereocenters. The van der Waals surface area contributed by atoms with Crippen LogP contribution < -0.4 is 0 Å². The quantitative estimate of drug-likeness (QED) is 0.889. The maximum absolute atomic E-state index is 10.9. The van der Waals surface area contributed by atoms with E-state index in [4.69, 9.17) is 5.11 Å². The molecule has 0 unspecified atom stereocenters. The minimum atomic E-state index is -1.06. The van der Waals surface area contributed by atoms with Crippen molar-refractivity contribution in [1.82, 2.24) is 9.78 Å². The number of aromatic nitrogens is 2. The Balaban J connectivity index is 2.60. The lowest BCUT2D eigenvalue weighted by Gasteiger charge is -2.07. The number of carboxylic acids is 1. The Labute approximate surface area is 111 Å². The number of benzene rings is 1. The van der Waals surface area contributed by atoms with E-state index in [1.54, 1.807) is 6.07 Å². The van der Waals surface area contributed by atoms with Gasteiger partial charge in [0.15, 0.2) is 0 Å². The van der Waals surface area contributed by atoms with Crippen molar-refractivity contribution in [3.05, 3.63) is 35.2 Å². The molecule has 0 saturated carbocycles. The third kappa shape index (κ3) is 2.19. The standard InChI is InChI=1S/C14H16N2O3/c1-4-16-9(3)13(8(2)15-16)11-6-5-10(14(18)19)7-12(11)17/h5-7,17H,4H2,1-3H3,(H,18,19). The maximum atomic E-state index is 10.9. The Bertz CT molecular complexity index is 644. The second kappa shape index (κ2) is 4.76. The van der Waals surface area contributed by atoms with Gasteiger partial charge < -0.3 is 10.2 Å². The summed E-state index contributed by atoms with van der Waals surface area (Å²) in [7, 11) is 0. The molecule has 0 bridgehead atoms. The van der Waals surface area contributed by atoms with Crippen molar-refractivity contribution < 1.29 is 15.0 Å². The number of phenols is 1. The molecular weight excluding hydrogens is 244 g/mol. The van der Waals surface area contributed by atoms with Crippen LogP contribution in [0.3, 0.4) is 0 Å². The van der Waals surface area contributed by atoms with Crippen LogP contribution in [0.2, 0.25) is 0 Å². The molecule has 2 rings (SSSR count).